The molecule has 0 aliphatic carbocycles. The smallest absolute Gasteiger partial charge is 0.379 e. The molecular formula is C12H15ClF3NO3S. The molecule has 0 saturated heterocycles. The molecule has 120 valence electrons. The second kappa shape index (κ2) is 7.44. The maximum absolute atomic E-state index is 12.8. The van der Waals surface area contributed by atoms with Gasteiger partial charge >= 0.3 is 6.18 Å². The number of sulfonamides is 1. The maximum atomic E-state index is 12.8. The van der Waals surface area contributed by atoms with Gasteiger partial charge < -0.3 is 4.74 Å². The third-order valence-electron chi connectivity index (χ3n) is 2.64. The van der Waals surface area contributed by atoms with Gasteiger partial charge in [0.05, 0.1) is 23.7 Å². The standard InChI is InChI=1S/C12H15ClF3NO3S/c1-9-10(12(14,15)16)3-2-4-11(9)21(18,19)17-6-8-20-7-5-13/h2-4,17H,5-8H2,1H3. The van der Waals surface area contributed by atoms with E-state index in [-0.39, 0.29) is 31.2 Å². The lowest BCUT2D eigenvalue weighted by atomic mass is 10.1. The van der Waals surface area contributed by atoms with Gasteiger partial charge in [0, 0.05) is 12.4 Å². The molecule has 1 aromatic rings. The molecule has 0 amide bonds. The average Bonchev–Trinajstić information content (AvgIpc) is 2.37. The van der Waals surface area contributed by atoms with E-state index in [2.05, 4.69) is 4.72 Å². The predicted molar refractivity (Wildman–Crippen MR) is 72.9 cm³/mol. The van der Waals surface area contributed by atoms with Crippen LogP contribution in [0.25, 0.3) is 0 Å². The van der Waals surface area contributed by atoms with Gasteiger partial charge in [-0.1, -0.05) is 6.07 Å². The van der Waals surface area contributed by atoms with E-state index in [0.717, 1.165) is 25.1 Å². The van der Waals surface area contributed by atoms with E-state index >= 15 is 0 Å². The highest BCUT2D eigenvalue weighted by atomic mass is 35.5. The summed E-state index contributed by atoms with van der Waals surface area (Å²) in [6.45, 7) is 1.44. The van der Waals surface area contributed by atoms with Crippen molar-refractivity contribution in [3.8, 4) is 0 Å². The normalized spacial score (nSPS) is 12.6. The van der Waals surface area contributed by atoms with Crippen molar-refractivity contribution in [3.05, 3.63) is 29.3 Å². The van der Waals surface area contributed by atoms with E-state index in [1.165, 1.54) is 0 Å². The van der Waals surface area contributed by atoms with Crippen LogP contribution in [0.5, 0.6) is 0 Å². The van der Waals surface area contributed by atoms with Gasteiger partial charge in [-0.05, 0) is 24.6 Å². The van der Waals surface area contributed by atoms with Crippen LogP contribution < -0.4 is 4.72 Å². The van der Waals surface area contributed by atoms with Gasteiger partial charge in [-0.15, -0.1) is 11.6 Å². The molecule has 0 radical (unpaired) electrons. The van der Waals surface area contributed by atoms with E-state index in [1.54, 1.807) is 0 Å². The van der Waals surface area contributed by atoms with Gasteiger partial charge in [0.15, 0.2) is 0 Å². The molecule has 0 aliphatic rings. The number of hydrogen-bond acceptors (Lipinski definition) is 3. The number of halogens is 4. The Hall–Kier alpha value is -0.830. The third kappa shape index (κ3) is 5.14. The highest BCUT2D eigenvalue weighted by molar-refractivity contribution is 7.89. The largest absolute Gasteiger partial charge is 0.416 e. The van der Waals surface area contributed by atoms with E-state index < -0.39 is 26.7 Å². The summed E-state index contributed by atoms with van der Waals surface area (Å²) in [6, 6.07) is 3.04. The number of alkyl halides is 4. The number of ether oxygens (including phenoxy) is 1. The van der Waals surface area contributed by atoms with Crippen molar-refractivity contribution in [1.29, 1.82) is 0 Å². The van der Waals surface area contributed by atoms with E-state index in [9.17, 15) is 21.6 Å². The van der Waals surface area contributed by atoms with Crippen molar-refractivity contribution < 1.29 is 26.3 Å². The molecule has 0 bridgehead atoms. The number of rotatable bonds is 7. The van der Waals surface area contributed by atoms with Gasteiger partial charge in [-0.25, -0.2) is 13.1 Å². The summed E-state index contributed by atoms with van der Waals surface area (Å²) in [5, 5.41) is 0. The minimum Gasteiger partial charge on any atom is -0.379 e. The molecule has 21 heavy (non-hydrogen) atoms. The molecule has 0 saturated carbocycles. The van der Waals surface area contributed by atoms with Crippen LogP contribution in [0.2, 0.25) is 0 Å². The summed E-state index contributed by atoms with van der Waals surface area (Å²) in [7, 11) is -4.02. The van der Waals surface area contributed by atoms with Crippen molar-refractivity contribution in [2.45, 2.75) is 18.0 Å². The Bertz CT molecular complexity index is 576. The number of benzene rings is 1. The highest BCUT2D eigenvalue weighted by Gasteiger charge is 2.34. The Morgan fingerprint density at radius 1 is 1.29 bits per heavy atom. The van der Waals surface area contributed by atoms with Gasteiger partial charge in [0.1, 0.15) is 0 Å². The molecule has 0 aromatic heterocycles. The maximum Gasteiger partial charge on any atom is 0.416 e. The first-order valence-corrected chi connectivity index (χ1v) is 8.02. The monoisotopic (exact) mass is 345 g/mol. The van der Waals surface area contributed by atoms with Gasteiger partial charge in [0.25, 0.3) is 0 Å². The van der Waals surface area contributed by atoms with Crippen LogP contribution in [0.4, 0.5) is 13.2 Å². The quantitative estimate of drug-likeness (QED) is 0.610. The summed E-state index contributed by atoms with van der Waals surface area (Å²) >= 11 is 5.38. The fourth-order valence-corrected chi connectivity index (χ4v) is 3.08. The molecule has 0 spiro atoms. The minimum atomic E-state index is -4.60. The summed E-state index contributed by atoms with van der Waals surface area (Å²) in [6.07, 6.45) is -4.60. The fraction of sp³-hybridized carbons (Fsp3) is 0.500. The van der Waals surface area contributed by atoms with Crippen molar-refractivity contribution in [2.24, 2.45) is 0 Å². The lowest BCUT2D eigenvalue weighted by Crippen LogP contribution is -2.28. The molecule has 0 heterocycles. The zero-order chi connectivity index (χ0) is 16.1. The van der Waals surface area contributed by atoms with E-state index in [0.29, 0.717) is 0 Å². The van der Waals surface area contributed by atoms with E-state index in [4.69, 9.17) is 16.3 Å². The minimum absolute atomic E-state index is 0.0467. The van der Waals surface area contributed by atoms with Crippen molar-refractivity contribution in [1.82, 2.24) is 4.72 Å². The Kier molecular flexibility index (Phi) is 6.45. The lowest BCUT2D eigenvalue weighted by molar-refractivity contribution is -0.138. The Balaban J connectivity index is 2.89. The first-order chi connectivity index (χ1) is 9.70. The first kappa shape index (κ1) is 18.2. The van der Waals surface area contributed by atoms with Crippen molar-refractivity contribution in [2.75, 3.05) is 25.6 Å². The molecule has 4 nitrogen and oxygen atoms in total. The molecule has 1 N–H and O–H groups in total. The number of nitrogens with one attached hydrogen (secondary N) is 1. The zero-order valence-electron chi connectivity index (χ0n) is 11.2. The Morgan fingerprint density at radius 2 is 1.95 bits per heavy atom. The van der Waals surface area contributed by atoms with Crippen LogP contribution in [0.3, 0.4) is 0 Å². The van der Waals surface area contributed by atoms with Crippen molar-refractivity contribution >= 4 is 21.6 Å². The van der Waals surface area contributed by atoms with Gasteiger partial charge in [-0.3, -0.25) is 0 Å². The molecule has 0 unspecified atom stereocenters. The fourth-order valence-electron chi connectivity index (χ4n) is 1.70. The summed E-state index contributed by atoms with van der Waals surface area (Å²) in [4.78, 5) is -0.394. The van der Waals surface area contributed by atoms with Crippen LogP contribution in [0.1, 0.15) is 11.1 Å². The van der Waals surface area contributed by atoms with Crippen LogP contribution in [0.15, 0.2) is 23.1 Å². The Morgan fingerprint density at radius 3 is 2.52 bits per heavy atom. The predicted octanol–water partition coefficient (Wildman–Crippen LogP) is 2.55. The zero-order valence-corrected chi connectivity index (χ0v) is 12.8. The highest BCUT2D eigenvalue weighted by Crippen LogP contribution is 2.33. The third-order valence-corrected chi connectivity index (χ3v) is 4.40. The van der Waals surface area contributed by atoms with Crippen LogP contribution >= 0.6 is 11.6 Å². The van der Waals surface area contributed by atoms with Gasteiger partial charge in [0.2, 0.25) is 10.0 Å². The lowest BCUT2D eigenvalue weighted by Gasteiger charge is -2.14. The molecule has 1 rings (SSSR count). The van der Waals surface area contributed by atoms with Gasteiger partial charge in [-0.2, -0.15) is 13.2 Å². The van der Waals surface area contributed by atoms with Crippen LogP contribution in [-0.4, -0.2) is 34.1 Å². The molecule has 0 fully saturated rings. The average molecular weight is 346 g/mol. The molecule has 1 aromatic carbocycles. The second-order valence-corrected chi connectivity index (χ2v) is 6.24. The number of hydrogen-bond donors (Lipinski definition) is 1. The second-order valence-electron chi connectivity index (χ2n) is 4.13. The molecular weight excluding hydrogens is 331 g/mol. The summed E-state index contributed by atoms with van der Waals surface area (Å²) in [5.41, 5.74) is -1.30. The topological polar surface area (TPSA) is 55.4 Å². The molecule has 0 atom stereocenters. The SMILES string of the molecule is Cc1c(C(F)(F)F)cccc1S(=O)(=O)NCCOCCCl. The van der Waals surface area contributed by atoms with Crippen LogP contribution in [0, 0.1) is 6.92 Å². The van der Waals surface area contributed by atoms with Crippen LogP contribution in [-0.2, 0) is 20.9 Å². The molecule has 0 aliphatic heterocycles. The Labute approximate surface area is 126 Å². The van der Waals surface area contributed by atoms with Crippen molar-refractivity contribution in [3.63, 3.8) is 0 Å². The van der Waals surface area contributed by atoms with E-state index in [1.807, 2.05) is 0 Å². The summed E-state index contributed by atoms with van der Waals surface area (Å²) in [5.74, 6) is 0.277. The summed E-state index contributed by atoms with van der Waals surface area (Å²) < 4.78 is 69.5. The first-order valence-electron chi connectivity index (χ1n) is 6.00. The molecule has 9 heteroatoms.